The summed E-state index contributed by atoms with van der Waals surface area (Å²) in [7, 11) is -9.82. The molecular formula is C48H51ClF10N3O14P3. The quantitative estimate of drug-likeness (QED) is 0.0147. The van der Waals surface area contributed by atoms with E-state index in [1.165, 1.54) is 97.0 Å². The SMILES string of the molecule is CC(C)OC(=O)[C@H](C)NP(=O)(Cl)Oc1ccccc1.CC(C)OC(=O)[C@H](C)NP(=O)(Oc1ccccc1)Oc1c(F)c(F)c(F)c(F)c1F.CC(C)OC(=O)[C@H](C)NP(=O)(Oc1ccccc1)Oc1c(F)c(F)c(F)c(F)c1F. The summed E-state index contributed by atoms with van der Waals surface area (Å²) in [6.07, 6.45) is -1.35. The summed E-state index contributed by atoms with van der Waals surface area (Å²) >= 11 is 5.76. The van der Waals surface area contributed by atoms with E-state index >= 15 is 0 Å². The van der Waals surface area contributed by atoms with Gasteiger partial charge in [0.1, 0.15) is 35.4 Å². The second-order valence-corrected chi connectivity index (χ2v) is 22.6. The van der Waals surface area contributed by atoms with Crippen molar-refractivity contribution in [2.75, 3.05) is 0 Å². The first-order valence-corrected chi connectivity index (χ1v) is 28.4. The van der Waals surface area contributed by atoms with Crippen LogP contribution in [0.5, 0.6) is 28.7 Å². The Labute approximate surface area is 451 Å². The van der Waals surface area contributed by atoms with Crippen LogP contribution in [0.1, 0.15) is 62.3 Å². The van der Waals surface area contributed by atoms with Crippen LogP contribution in [0, 0.1) is 58.2 Å². The molecule has 434 valence electrons. The summed E-state index contributed by atoms with van der Waals surface area (Å²) < 4.78 is 214. The van der Waals surface area contributed by atoms with E-state index < -0.39 is 140 Å². The van der Waals surface area contributed by atoms with E-state index in [0.717, 1.165) is 0 Å². The summed E-state index contributed by atoms with van der Waals surface area (Å²) in [6, 6.07) is 18.9. The number of carbonyl (C=O) groups is 3. The van der Waals surface area contributed by atoms with Crippen LogP contribution in [0.2, 0.25) is 0 Å². The molecular weight excluding hydrogens is 1160 g/mol. The summed E-state index contributed by atoms with van der Waals surface area (Å²) in [6.45, 7) is 9.82. The van der Waals surface area contributed by atoms with E-state index in [2.05, 4.69) is 24.3 Å². The smallest absolute Gasteiger partial charge is 0.462 e. The van der Waals surface area contributed by atoms with E-state index in [9.17, 15) is 72.0 Å². The Morgan fingerprint density at radius 3 is 0.848 bits per heavy atom. The first-order valence-electron chi connectivity index (χ1n) is 22.8. The number of halogens is 11. The number of rotatable bonds is 22. The van der Waals surface area contributed by atoms with Crippen molar-refractivity contribution in [3.8, 4) is 28.7 Å². The highest BCUT2D eigenvalue weighted by molar-refractivity contribution is 7.84. The third kappa shape index (κ3) is 20.7. The zero-order valence-corrected chi connectivity index (χ0v) is 46.3. The molecule has 0 spiro atoms. The van der Waals surface area contributed by atoms with Gasteiger partial charge in [0.2, 0.25) is 69.7 Å². The van der Waals surface area contributed by atoms with Gasteiger partial charge < -0.3 is 36.8 Å². The number of hydrogen-bond donors (Lipinski definition) is 3. The molecule has 0 radical (unpaired) electrons. The molecule has 0 amide bonds. The molecule has 0 aliphatic carbocycles. The second kappa shape index (κ2) is 29.8. The highest BCUT2D eigenvalue weighted by atomic mass is 35.7. The monoisotopic (exact) mass is 1210 g/mol. The first kappa shape index (κ1) is 66.9. The molecule has 0 saturated carbocycles. The Balaban J connectivity index is 0.000000320. The van der Waals surface area contributed by atoms with E-state index in [4.69, 9.17) is 39.0 Å². The molecule has 3 unspecified atom stereocenters. The summed E-state index contributed by atoms with van der Waals surface area (Å²) in [5, 5.41) is 6.57. The van der Waals surface area contributed by atoms with Crippen molar-refractivity contribution in [3.63, 3.8) is 0 Å². The Morgan fingerprint density at radius 2 is 0.595 bits per heavy atom. The van der Waals surface area contributed by atoms with Crippen LogP contribution in [-0.2, 0) is 42.3 Å². The molecule has 0 fully saturated rings. The number of carbonyl (C=O) groups excluding carboxylic acids is 3. The Morgan fingerprint density at radius 1 is 0.367 bits per heavy atom. The molecule has 0 aliphatic heterocycles. The molecule has 31 heteroatoms. The van der Waals surface area contributed by atoms with Gasteiger partial charge in [0.25, 0.3) is 0 Å². The molecule has 0 aromatic heterocycles. The van der Waals surface area contributed by atoms with Crippen LogP contribution in [0.25, 0.3) is 0 Å². The largest absolute Gasteiger partial charge is 0.513 e. The molecule has 3 N–H and O–H groups in total. The summed E-state index contributed by atoms with van der Waals surface area (Å²) in [5.41, 5.74) is 0. The van der Waals surface area contributed by atoms with Crippen molar-refractivity contribution in [3.05, 3.63) is 149 Å². The Bertz CT molecular complexity index is 2820. The summed E-state index contributed by atoms with van der Waals surface area (Å²) in [5.74, 6) is -29.5. The average Bonchev–Trinajstić information content (AvgIpc) is 3.37. The fourth-order valence-electron chi connectivity index (χ4n) is 5.46. The van der Waals surface area contributed by atoms with E-state index in [1.54, 1.807) is 56.3 Å². The number of para-hydroxylation sites is 3. The average molecular weight is 1210 g/mol. The lowest BCUT2D eigenvalue weighted by Crippen LogP contribution is -2.37. The lowest BCUT2D eigenvalue weighted by Gasteiger charge is -2.24. The maximum absolute atomic E-state index is 14.0. The minimum atomic E-state index is -4.91. The van der Waals surface area contributed by atoms with Crippen molar-refractivity contribution in [1.82, 2.24) is 15.3 Å². The van der Waals surface area contributed by atoms with Crippen LogP contribution in [-0.4, -0.2) is 54.3 Å². The molecule has 0 bridgehead atoms. The van der Waals surface area contributed by atoms with Crippen molar-refractivity contribution < 1.29 is 109 Å². The fraction of sp³-hybridized carbons (Fsp3) is 0.312. The lowest BCUT2D eigenvalue weighted by atomic mass is 10.3. The minimum Gasteiger partial charge on any atom is -0.462 e. The maximum Gasteiger partial charge on any atom is 0.513 e. The Kier molecular flexibility index (Phi) is 25.2. The first-order chi connectivity index (χ1) is 36.7. The van der Waals surface area contributed by atoms with Crippen LogP contribution in [0.15, 0.2) is 91.0 Å². The third-order valence-corrected chi connectivity index (χ3v) is 13.6. The van der Waals surface area contributed by atoms with E-state index in [-0.39, 0.29) is 17.6 Å². The van der Waals surface area contributed by atoms with Gasteiger partial charge in [0.15, 0.2) is 0 Å². The number of hydrogen-bond acceptors (Lipinski definition) is 14. The zero-order chi connectivity index (χ0) is 59.7. The van der Waals surface area contributed by atoms with Gasteiger partial charge >= 0.3 is 40.3 Å². The summed E-state index contributed by atoms with van der Waals surface area (Å²) in [4.78, 5) is 35.5. The van der Waals surface area contributed by atoms with E-state index in [0.29, 0.717) is 5.75 Å². The molecule has 0 saturated heterocycles. The van der Waals surface area contributed by atoms with Crippen LogP contribution < -0.4 is 37.9 Å². The van der Waals surface area contributed by atoms with Crippen LogP contribution in [0.4, 0.5) is 43.9 Å². The molecule has 5 aromatic rings. The number of esters is 3. The molecule has 6 atom stereocenters. The van der Waals surface area contributed by atoms with E-state index in [1.807, 2.05) is 0 Å². The molecule has 79 heavy (non-hydrogen) atoms. The van der Waals surface area contributed by atoms with Gasteiger partial charge in [-0.3, -0.25) is 14.4 Å². The zero-order valence-electron chi connectivity index (χ0n) is 42.8. The molecule has 0 aliphatic rings. The van der Waals surface area contributed by atoms with Crippen molar-refractivity contribution in [1.29, 1.82) is 0 Å². The highest BCUT2D eigenvalue weighted by Crippen LogP contribution is 2.50. The normalized spacial score (nSPS) is 14.5. The third-order valence-electron chi connectivity index (χ3n) is 8.83. The van der Waals surface area contributed by atoms with Gasteiger partial charge in [0, 0.05) is 11.2 Å². The minimum absolute atomic E-state index is 0.137. The lowest BCUT2D eigenvalue weighted by molar-refractivity contribution is -0.149. The molecule has 0 heterocycles. The topological polar surface area (TPSA) is 212 Å². The number of ether oxygens (including phenoxy) is 3. The molecule has 5 rings (SSSR count). The van der Waals surface area contributed by atoms with Gasteiger partial charge in [-0.1, -0.05) is 54.6 Å². The standard InChI is InChI=1S/2C18H17F5NO5P.C12H17ClNO4P/c2*1-9(2)27-18(25)10(3)24-30(26,28-11-7-5-4-6-8-11)29-17-15(22)13(20)12(19)14(21)16(17)23;1-9(2)17-12(15)10(3)14-19(13,16)18-11-7-5-4-6-8-11/h2*4-10H,1-3H3,(H,24,26);4-10H,1-3H3,(H,14,16)/t2*10-,30?;10-,19?/m000/s1. The van der Waals surface area contributed by atoms with Gasteiger partial charge in [-0.25, -0.2) is 45.1 Å². The predicted octanol–water partition coefficient (Wildman–Crippen LogP) is 13.1. The molecule has 17 nitrogen and oxygen atoms in total. The van der Waals surface area contributed by atoms with Gasteiger partial charge in [-0.05, 0) is 98.7 Å². The predicted molar refractivity (Wildman–Crippen MR) is 265 cm³/mol. The molecule has 5 aromatic carbocycles. The number of nitrogens with one attached hydrogen (secondary N) is 3. The van der Waals surface area contributed by atoms with Gasteiger partial charge in [-0.2, -0.15) is 27.7 Å². The maximum atomic E-state index is 14.0. The van der Waals surface area contributed by atoms with Crippen molar-refractivity contribution >= 4 is 51.5 Å². The van der Waals surface area contributed by atoms with Crippen molar-refractivity contribution in [2.24, 2.45) is 0 Å². The fourth-order valence-corrected chi connectivity index (χ4v) is 10.2. The highest BCUT2D eigenvalue weighted by Gasteiger charge is 2.40. The van der Waals surface area contributed by atoms with Gasteiger partial charge in [0.05, 0.1) is 18.3 Å². The van der Waals surface area contributed by atoms with Gasteiger partial charge in [-0.15, -0.1) is 0 Å². The number of benzene rings is 5. The second-order valence-electron chi connectivity index (χ2n) is 16.7. The Hall–Kier alpha value is -6.33. The van der Waals surface area contributed by atoms with Crippen LogP contribution in [0.3, 0.4) is 0 Å². The van der Waals surface area contributed by atoms with Crippen LogP contribution >= 0.6 is 33.6 Å². The van der Waals surface area contributed by atoms with Crippen molar-refractivity contribution in [2.45, 2.75) is 98.8 Å².